The molecule has 0 saturated heterocycles. The minimum atomic E-state index is -1.10. The zero-order valence-corrected chi connectivity index (χ0v) is 11.6. The SMILES string of the molecule is O=C(NC1(C(=O)O)CCCC1)c1ccc2ncsc2c1. The summed E-state index contributed by atoms with van der Waals surface area (Å²) in [4.78, 5) is 27.9. The molecule has 1 heterocycles. The van der Waals surface area contributed by atoms with Gasteiger partial charge in [0.05, 0.1) is 15.7 Å². The van der Waals surface area contributed by atoms with E-state index in [4.69, 9.17) is 0 Å². The number of hydrogen-bond donors (Lipinski definition) is 2. The third-order valence-corrected chi connectivity index (χ3v) is 4.60. The van der Waals surface area contributed by atoms with Crippen LogP contribution in [0, 0.1) is 0 Å². The highest BCUT2D eigenvalue weighted by atomic mass is 32.1. The van der Waals surface area contributed by atoms with E-state index in [2.05, 4.69) is 10.3 Å². The molecular formula is C14H14N2O3S. The Morgan fingerprint density at radius 1 is 1.30 bits per heavy atom. The maximum absolute atomic E-state index is 12.3. The second-order valence-electron chi connectivity index (χ2n) is 5.08. The molecule has 1 aliphatic rings. The molecular weight excluding hydrogens is 276 g/mol. The molecule has 0 atom stereocenters. The molecule has 0 spiro atoms. The molecule has 6 heteroatoms. The van der Waals surface area contributed by atoms with Crippen LogP contribution in [0.1, 0.15) is 36.0 Å². The van der Waals surface area contributed by atoms with Crippen LogP contribution in [-0.4, -0.2) is 27.5 Å². The van der Waals surface area contributed by atoms with Gasteiger partial charge in [-0.1, -0.05) is 12.8 Å². The first-order valence-electron chi connectivity index (χ1n) is 6.50. The summed E-state index contributed by atoms with van der Waals surface area (Å²) >= 11 is 1.46. The molecule has 1 amide bonds. The molecule has 1 fully saturated rings. The maximum Gasteiger partial charge on any atom is 0.329 e. The third-order valence-electron chi connectivity index (χ3n) is 3.81. The van der Waals surface area contributed by atoms with Gasteiger partial charge in [0.2, 0.25) is 0 Å². The van der Waals surface area contributed by atoms with Gasteiger partial charge in [-0.05, 0) is 31.0 Å². The Bertz CT molecular complexity index is 674. The largest absolute Gasteiger partial charge is 0.480 e. The van der Waals surface area contributed by atoms with Gasteiger partial charge in [0.25, 0.3) is 5.91 Å². The van der Waals surface area contributed by atoms with E-state index in [1.54, 1.807) is 23.7 Å². The fourth-order valence-corrected chi connectivity index (χ4v) is 3.37. The molecule has 1 aliphatic carbocycles. The first kappa shape index (κ1) is 13.1. The van der Waals surface area contributed by atoms with E-state index >= 15 is 0 Å². The number of carboxylic acid groups (broad SMARTS) is 1. The van der Waals surface area contributed by atoms with Crippen molar-refractivity contribution in [2.24, 2.45) is 0 Å². The van der Waals surface area contributed by atoms with Gasteiger partial charge >= 0.3 is 5.97 Å². The van der Waals surface area contributed by atoms with Gasteiger partial charge in [-0.2, -0.15) is 0 Å². The van der Waals surface area contributed by atoms with Crippen LogP contribution in [0.3, 0.4) is 0 Å². The summed E-state index contributed by atoms with van der Waals surface area (Å²) in [5.41, 5.74) is 1.96. The number of carbonyl (C=O) groups is 2. The third kappa shape index (κ3) is 2.16. The Labute approximate surface area is 119 Å². The molecule has 3 rings (SSSR count). The zero-order chi connectivity index (χ0) is 14.2. The van der Waals surface area contributed by atoms with Crippen molar-refractivity contribution in [3.8, 4) is 0 Å². The summed E-state index contributed by atoms with van der Waals surface area (Å²) in [6.45, 7) is 0. The fourth-order valence-electron chi connectivity index (χ4n) is 2.66. The predicted octanol–water partition coefficient (Wildman–Crippen LogP) is 2.42. The number of hydrogen-bond acceptors (Lipinski definition) is 4. The number of carbonyl (C=O) groups excluding carboxylic acids is 1. The molecule has 0 bridgehead atoms. The smallest absolute Gasteiger partial charge is 0.329 e. The van der Waals surface area contributed by atoms with Crippen LogP contribution >= 0.6 is 11.3 Å². The van der Waals surface area contributed by atoms with E-state index in [0.29, 0.717) is 18.4 Å². The molecule has 1 aromatic heterocycles. The van der Waals surface area contributed by atoms with E-state index in [1.807, 2.05) is 0 Å². The van der Waals surface area contributed by atoms with E-state index in [9.17, 15) is 14.7 Å². The summed E-state index contributed by atoms with van der Waals surface area (Å²) in [5.74, 6) is -1.27. The van der Waals surface area contributed by atoms with Crippen molar-refractivity contribution >= 4 is 33.4 Å². The Kier molecular flexibility index (Phi) is 3.17. The van der Waals surface area contributed by atoms with Gasteiger partial charge in [-0.15, -0.1) is 11.3 Å². The van der Waals surface area contributed by atoms with Gasteiger partial charge in [0.15, 0.2) is 0 Å². The molecule has 1 saturated carbocycles. The Morgan fingerprint density at radius 3 is 2.75 bits per heavy atom. The average molecular weight is 290 g/mol. The number of carboxylic acids is 1. The Morgan fingerprint density at radius 2 is 2.05 bits per heavy atom. The second kappa shape index (κ2) is 4.86. The molecule has 1 aromatic carbocycles. The summed E-state index contributed by atoms with van der Waals surface area (Å²) in [6.07, 6.45) is 2.66. The van der Waals surface area contributed by atoms with Crippen LogP contribution in [0.2, 0.25) is 0 Å². The highest BCUT2D eigenvalue weighted by Crippen LogP contribution is 2.30. The topological polar surface area (TPSA) is 79.3 Å². The van der Waals surface area contributed by atoms with Gasteiger partial charge < -0.3 is 10.4 Å². The van der Waals surface area contributed by atoms with E-state index in [-0.39, 0.29) is 5.91 Å². The van der Waals surface area contributed by atoms with E-state index in [1.165, 1.54) is 11.3 Å². The monoisotopic (exact) mass is 290 g/mol. The van der Waals surface area contributed by atoms with E-state index < -0.39 is 11.5 Å². The summed E-state index contributed by atoms with van der Waals surface area (Å²) in [7, 11) is 0. The molecule has 0 radical (unpaired) electrons. The zero-order valence-electron chi connectivity index (χ0n) is 10.8. The normalized spacial score (nSPS) is 17.2. The van der Waals surface area contributed by atoms with Gasteiger partial charge in [0, 0.05) is 5.56 Å². The van der Waals surface area contributed by atoms with Crippen molar-refractivity contribution in [3.63, 3.8) is 0 Å². The summed E-state index contributed by atoms with van der Waals surface area (Å²) < 4.78 is 0.924. The van der Waals surface area contributed by atoms with Crippen LogP contribution in [-0.2, 0) is 4.79 Å². The molecule has 0 aliphatic heterocycles. The average Bonchev–Trinajstić information content (AvgIpc) is 3.06. The first-order chi connectivity index (χ1) is 9.61. The number of benzene rings is 1. The highest BCUT2D eigenvalue weighted by molar-refractivity contribution is 7.16. The van der Waals surface area contributed by atoms with E-state index in [0.717, 1.165) is 23.1 Å². The van der Waals surface area contributed by atoms with Crippen LogP contribution in [0.4, 0.5) is 0 Å². The van der Waals surface area contributed by atoms with Crippen molar-refractivity contribution < 1.29 is 14.7 Å². The standard InChI is InChI=1S/C14H14N2O3S/c17-12(16-14(13(18)19)5-1-2-6-14)9-3-4-10-11(7-9)20-8-15-10/h3-4,7-8H,1-2,5-6H2,(H,16,17)(H,18,19). The highest BCUT2D eigenvalue weighted by Gasteiger charge is 2.42. The molecule has 0 unspecified atom stereocenters. The summed E-state index contributed by atoms with van der Waals surface area (Å²) in [5, 5.41) is 12.1. The first-order valence-corrected chi connectivity index (χ1v) is 7.38. The lowest BCUT2D eigenvalue weighted by Gasteiger charge is -2.25. The molecule has 104 valence electrons. The number of rotatable bonds is 3. The maximum atomic E-state index is 12.3. The molecule has 5 nitrogen and oxygen atoms in total. The van der Waals surface area contributed by atoms with Crippen molar-refractivity contribution in [2.45, 2.75) is 31.2 Å². The number of aromatic nitrogens is 1. The second-order valence-corrected chi connectivity index (χ2v) is 5.97. The predicted molar refractivity (Wildman–Crippen MR) is 75.9 cm³/mol. The Balaban J connectivity index is 1.86. The minimum Gasteiger partial charge on any atom is -0.480 e. The number of nitrogens with one attached hydrogen (secondary N) is 1. The lowest BCUT2D eigenvalue weighted by Crippen LogP contribution is -2.52. The minimum absolute atomic E-state index is 0.329. The van der Waals surface area contributed by atoms with Gasteiger partial charge in [-0.3, -0.25) is 4.79 Å². The number of fused-ring (bicyclic) bond motifs is 1. The number of aliphatic carboxylic acids is 1. The van der Waals surface area contributed by atoms with Gasteiger partial charge in [-0.25, -0.2) is 9.78 Å². The quantitative estimate of drug-likeness (QED) is 0.910. The number of nitrogens with zero attached hydrogens (tertiary/aromatic N) is 1. The Hall–Kier alpha value is -1.95. The van der Waals surface area contributed by atoms with Crippen LogP contribution in [0.15, 0.2) is 23.7 Å². The molecule has 2 aromatic rings. The lowest BCUT2D eigenvalue weighted by molar-refractivity contribution is -0.144. The lowest BCUT2D eigenvalue weighted by atomic mass is 9.97. The molecule has 20 heavy (non-hydrogen) atoms. The van der Waals surface area contributed by atoms with Crippen LogP contribution in [0.5, 0.6) is 0 Å². The van der Waals surface area contributed by atoms with Gasteiger partial charge in [0.1, 0.15) is 5.54 Å². The van der Waals surface area contributed by atoms with Crippen LogP contribution < -0.4 is 5.32 Å². The van der Waals surface area contributed by atoms with Crippen LogP contribution in [0.25, 0.3) is 10.2 Å². The summed E-state index contributed by atoms with van der Waals surface area (Å²) in [6, 6.07) is 5.22. The van der Waals surface area contributed by atoms with Crippen molar-refractivity contribution in [2.75, 3.05) is 0 Å². The van der Waals surface area contributed by atoms with Crippen molar-refractivity contribution in [1.82, 2.24) is 10.3 Å². The van der Waals surface area contributed by atoms with Crippen molar-refractivity contribution in [1.29, 1.82) is 0 Å². The number of amides is 1. The van der Waals surface area contributed by atoms with Crippen molar-refractivity contribution in [3.05, 3.63) is 29.3 Å². The fraction of sp³-hybridized carbons (Fsp3) is 0.357. The molecule has 2 N–H and O–H groups in total. The number of thiazole rings is 1.